The number of carboxylic acids is 1. The van der Waals surface area contributed by atoms with Crippen LogP contribution >= 0.6 is 12.6 Å². The normalized spacial score (nSPS) is 14.4. The van der Waals surface area contributed by atoms with Crippen molar-refractivity contribution in [2.75, 3.05) is 12.4 Å². The van der Waals surface area contributed by atoms with Crippen LogP contribution in [0, 0.1) is 0 Å². The Kier molecular flexibility index (Phi) is 9.65. The van der Waals surface area contributed by atoms with Crippen LogP contribution in [0.1, 0.15) is 11.3 Å². The summed E-state index contributed by atoms with van der Waals surface area (Å²) in [6, 6.07) is 2.45. The number of carboxylic acid groups (broad SMARTS) is 1. The molecule has 1 aromatic carbocycles. The molecule has 0 aliphatic heterocycles. The van der Waals surface area contributed by atoms with Gasteiger partial charge < -0.3 is 41.9 Å². The molecule has 0 spiro atoms. The summed E-state index contributed by atoms with van der Waals surface area (Å²) in [7, 11) is 0. The number of nitrogens with one attached hydrogen (secondary N) is 5. The van der Waals surface area contributed by atoms with Gasteiger partial charge in [0, 0.05) is 47.6 Å². The highest BCUT2D eigenvalue weighted by Gasteiger charge is 2.30. The first-order chi connectivity index (χ1) is 17.7. The number of aliphatic hydroxyl groups is 1. The van der Waals surface area contributed by atoms with Gasteiger partial charge in [-0.1, -0.05) is 18.2 Å². The molecule has 3 rings (SSSR count). The fraction of sp³-hybridized carbons (Fsp3) is 0.348. The van der Waals surface area contributed by atoms with Gasteiger partial charge in [0.2, 0.25) is 17.7 Å². The number of H-pyrrole nitrogens is 2. The molecule has 0 aliphatic carbocycles. The van der Waals surface area contributed by atoms with Crippen molar-refractivity contribution in [3.63, 3.8) is 0 Å². The fourth-order valence-corrected chi connectivity index (χ4v) is 3.81. The number of aliphatic hydroxyl groups excluding tert-OH is 1. The quantitative estimate of drug-likeness (QED) is 0.118. The number of para-hydroxylation sites is 1. The van der Waals surface area contributed by atoms with Crippen molar-refractivity contribution < 1.29 is 29.4 Å². The molecule has 13 nitrogen and oxygen atoms in total. The van der Waals surface area contributed by atoms with Crippen LogP contribution in [-0.4, -0.2) is 85.4 Å². The number of nitrogens with zero attached hydrogens (tertiary/aromatic N) is 1. The predicted molar refractivity (Wildman–Crippen MR) is 137 cm³/mol. The van der Waals surface area contributed by atoms with Crippen molar-refractivity contribution in [2.24, 2.45) is 5.73 Å². The maximum atomic E-state index is 13.2. The average Bonchev–Trinajstić information content (AvgIpc) is 3.55. The lowest BCUT2D eigenvalue weighted by Crippen LogP contribution is -2.58. The van der Waals surface area contributed by atoms with E-state index in [0.29, 0.717) is 5.69 Å². The molecule has 3 amide bonds. The van der Waals surface area contributed by atoms with Gasteiger partial charge in [0.1, 0.15) is 18.1 Å². The third kappa shape index (κ3) is 7.31. The minimum Gasteiger partial charge on any atom is -0.480 e. The van der Waals surface area contributed by atoms with E-state index in [0.717, 1.165) is 16.5 Å². The molecule has 0 bridgehead atoms. The van der Waals surface area contributed by atoms with Crippen molar-refractivity contribution in [1.29, 1.82) is 0 Å². The number of aromatic amines is 2. The summed E-state index contributed by atoms with van der Waals surface area (Å²) in [4.78, 5) is 59.7. The van der Waals surface area contributed by atoms with Crippen molar-refractivity contribution in [2.45, 2.75) is 37.0 Å². The van der Waals surface area contributed by atoms with Crippen LogP contribution in [0.2, 0.25) is 0 Å². The fourth-order valence-electron chi connectivity index (χ4n) is 3.65. The van der Waals surface area contributed by atoms with Crippen molar-refractivity contribution >= 4 is 47.2 Å². The van der Waals surface area contributed by atoms with Gasteiger partial charge in [-0.2, -0.15) is 12.6 Å². The van der Waals surface area contributed by atoms with E-state index >= 15 is 0 Å². The molecular formula is C23H29N7O6S. The van der Waals surface area contributed by atoms with E-state index in [9.17, 15) is 29.4 Å². The van der Waals surface area contributed by atoms with Gasteiger partial charge in [-0.05, 0) is 11.6 Å². The number of fused-ring (bicyclic) bond motifs is 1. The number of aliphatic carboxylic acids is 1. The maximum Gasteiger partial charge on any atom is 0.326 e. The first-order valence-electron chi connectivity index (χ1n) is 11.4. The molecule has 14 heteroatoms. The van der Waals surface area contributed by atoms with Crippen LogP contribution in [0.3, 0.4) is 0 Å². The van der Waals surface area contributed by atoms with E-state index < -0.39 is 54.5 Å². The second kappa shape index (κ2) is 12.9. The lowest BCUT2D eigenvalue weighted by molar-refractivity contribution is -0.142. The zero-order valence-electron chi connectivity index (χ0n) is 19.7. The van der Waals surface area contributed by atoms with Crippen LogP contribution in [0.5, 0.6) is 0 Å². The van der Waals surface area contributed by atoms with Gasteiger partial charge in [0.25, 0.3) is 0 Å². The molecule has 37 heavy (non-hydrogen) atoms. The molecule has 4 unspecified atom stereocenters. The molecule has 0 radical (unpaired) electrons. The summed E-state index contributed by atoms with van der Waals surface area (Å²) in [6.45, 7) is -0.808. The summed E-state index contributed by atoms with van der Waals surface area (Å²) in [5, 5.41) is 27.4. The van der Waals surface area contributed by atoms with Gasteiger partial charge in [-0.25, -0.2) is 9.78 Å². The second-order valence-electron chi connectivity index (χ2n) is 8.34. The summed E-state index contributed by atoms with van der Waals surface area (Å²) in [5.41, 5.74) is 7.78. The Morgan fingerprint density at radius 3 is 2.30 bits per heavy atom. The number of rotatable bonds is 13. The van der Waals surface area contributed by atoms with Crippen LogP contribution in [-0.2, 0) is 32.0 Å². The van der Waals surface area contributed by atoms with Gasteiger partial charge in [0.15, 0.2) is 0 Å². The average molecular weight is 532 g/mol. The van der Waals surface area contributed by atoms with E-state index in [-0.39, 0.29) is 18.6 Å². The van der Waals surface area contributed by atoms with E-state index in [4.69, 9.17) is 5.73 Å². The number of hydrogen-bond donors (Lipinski definition) is 9. The SMILES string of the molecule is NC(CS)C(=O)NC(Cc1c[nH]c2ccccc12)C(=O)NC(CO)C(=O)NC(Cc1cnc[nH]1)C(=O)O. The van der Waals surface area contributed by atoms with E-state index in [1.807, 2.05) is 24.3 Å². The van der Waals surface area contributed by atoms with Crippen LogP contribution in [0.15, 0.2) is 43.0 Å². The molecule has 9 N–H and O–H groups in total. The number of carbonyl (C=O) groups is 4. The molecule has 2 aromatic heterocycles. The number of hydrogen-bond acceptors (Lipinski definition) is 8. The Hall–Kier alpha value is -3.88. The minimum absolute atomic E-state index is 0.0435. The lowest BCUT2D eigenvalue weighted by atomic mass is 10.0. The third-order valence-corrected chi connectivity index (χ3v) is 6.07. The Bertz CT molecular complexity index is 1230. The second-order valence-corrected chi connectivity index (χ2v) is 8.70. The Labute approximate surface area is 217 Å². The number of amides is 3. The first kappa shape index (κ1) is 27.7. The molecule has 0 saturated carbocycles. The zero-order valence-corrected chi connectivity index (χ0v) is 20.6. The summed E-state index contributed by atoms with van der Waals surface area (Å²) >= 11 is 4.01. The number of aromatic nitrogens is 3. The molecule has 0 aliphatic rings. The molecule has 198 valence electrons. The molecule has 0 saturated heterocycles. The van der Waals surface area contributed by atoms with Crippen molar-refractivity contribution in [3.8, 4) is 0 Å². The number of carbonyl (C=O) groups excluding carboxylic acids is 3. The molecule has 0 fully saturated rings. The molecular weight excluding hydrogens is 502 g/mol. The number of benzene rings is 1. The molecule has 3 aromatic rings. The van der Waals surface area contributed by atoms with Crippen LogP contribution in [0.25, 0.3) is 10.9 Å². The van der Waals surface area contributed by atoms with Crippen LogP contribution < -0.4 is 21.7 Å². The van der Waals surface area contributed by atoms with Gasteiger partial charge in [-0.3, -0.25) is 14.4 Å². The van der Waals surface area contributed by atoms with E-state index in [1.165, 1.54) is 12.5 Å². The van der Waals surface area contributed by atoms with Crippen LogP contribution in [0.4, 0.5) is 0 Å². The number of thiol groups is 1. The van der Waals surface area contributed by atoms with Gasteiger partial charge in [-0.15, -0.1) is 0 Å². The van der Waals surface area contributed by atoms with Gasteiger partial charge >= 0.3 is 5.97 Å². The highest BCUT2D eigenvalue weighted by Crippen LogP contribution is 2.19. The minimum atomic E-state index is -1.47. The standard InChI is InChI=1S/C23H29N7O6S/c24-15(10-37)20(32)28-17(5-12-7-26-16-4-2-1-3-14(12)16)21(33)30-19(9-31)22(34)29-18(23(35)36)6-13-8-25-11-27-13/h1-4,7-8,11,15,17-19,26,31,37H,5-6,9-10,24H2,(H,25,27)(H,28,32)(H,29,34)(H,30,33)(H,35,36). The topological polar surface area (TPSA) is 215 Å². The molecule has 4 atom stereocenters. The third-order valence-electron chi connectivity index (χ3n) is 5.67. The summed E-state index contributed by atoms with van der Waals surface area (Å²) in [6.07, 6.45) is 4.46. The Morgan fingerprint density at radius 2 is 1.65 bits per heavy atom. The predicted octanol–water partition coefficient (Wildman–Crippen LogP) is -1.54. The lowest BCUT2D eigenvalue weighted by Gasteiger charge is -2.24. The highest BCUT2D eigenvalue weighted by molar-refractivity contribution is 7.80. The highest BCUT2D eigenvalue weighted by atomic mass is 32.1. The smallest absolute Gasteiger partial charge is 0.326 e. The largest absolute Gasteiger partial charge is 0.480 e. The molecule has 2 heterocycles. The van der Waals surface area contributed by atoms with Crippen molar-refractivity contribution in [1.82, 2.24) is 30.9 Å². The first-order valence-corrected chi connectivity index (χ1v) is 12.0. The maximum absolute atomic E-state index is 13.2. The number of nitrogens with two attached hydrogens (primary N) is 1. The van der Waals surface area contributed by atoms with Gasteiger partial charge in [0.05, 0.1) is 19.0 Å². The Morgan fingerprint density at radius 1 is 0.973 bits per heavy atom. The van der Waals surface area contributed by atoms with Crippen molar-refractivity contribution in [3.05, 3.63) is 54.2 Å². The number of imidazole rings is 1. The van der Waals surface area contributed by atoms with E-state index in [1.54, 1.807) is 6.20 Å². The summed E-state index contributed by atoms with van der Waals surface area (Å²) < 4.78 is 0. The van der Waals surface area contributed by atoms with E-state index in [2.05, 4.69) is 43.5 Å². The zero-order chi connectivity index (χ0) is 26.9. The summed E-state index contributed by atoms with van der Waals surface area (Å²) in [5.74, 6) is -3.56. The Balaban J connectivity index is 1.74. The monoisotopic (exact) mass is 531 g/mol.